The van der Waals surface area contributed by atoms with E-state index < -0.39 is 0 Å². The Balaban J connectivity index is 2.29. The third-order valence-electron chi connectivity index (χ3n) is 3.32. The van der Waals surface area contributed by atoms with E-state index in [4.69, 9.17) is 22.7 Å². The molecule has 1 amide bonds. The lowest BCUT2D eigenvalue weighted by atomic mass is 10.1. The van der Waals surface area contributed by atoms with Crippen molar-refractivity contribution in [2.75, 3.05) is 31.2 Å². The Morgan fingerprint density at radius 1 is 1.62 bits per heavy atom. The van der Waals surface area contributed by atoms with Crippen LogP contribution in [0.2, 0.25) is 0 Å². The Hall–Kier alpha value is -1.18. The lowest BCUT2D eigenvalue weighted by molar-refractivity contribution is -0.124. The lowest BCUT2D eigenvalue weighted by Crippen LogP contribution is -2.54. The highest BCUT2D eigenvalue weighted by Crippen LogP contribution is 2.30. The fourth-order valence-corrected chi connectivity index (χ4v) is 3.03. The van der Waals surface area contributed by atoms with Crippen LogP contribution < -0.4 is 16.0 Å². The number of hydrogen-bond acceptors (Lipinski definition) is 4. The van der Waals surface area contributed by atoms with Gasteiger partial charge in [-0.2, -0.15) is 0 Å². The molecule has 1 saturated heterocycles. The summed E-state index contributed by atoms with van der Waals surface area (Å²) in [6.45, 7) is 4.14. The van der Waals surface area contributed by atoms with Crippen molar-refractivity contribution in [3.63, 3.8) is 0 Å². The van der Waals surface area contributed by atoms with E-state index in [2.05, 4.69) is 21.2 Å². The molecule has 1 fully saturated rings. The van der Waals surface area contributed by atoms with Crippen LogP contribution in [0.25, 0.3) is 0 Å². The molecule has 3 N–H and O–H groups in total. The average Bonchev–Trinajstić information content (AvgIpc) is 2.47. The van der Waals surface area contributed by atoms with E-state index in [1.807, 2.05) is 30.0 Å². The summed E-state index contributed by atoms with van der Waals surface area (Å²) in [4.78, 5) is 14.6. The number of hydrogen-bond donors (Lipinski definition) is 2. The highest BCUT2D eigenvalue weighted by Gasteiger charge is 2.30. The number of benzene rings is 1. The van der Waals surface area contributed by atoms with Crippen molar-refractivity contribution in [1.29, 1.82) is 0 Å². The van der Waals surface area contributed by atoms with Crippen molar-refractivity contribution in [3.8, 4) is 0 Å². The number of ether oxygens (including phenoxy) is 1. The van der Waals surface area contributed by atoms with Gasteiger partial charge in [0.15, 0.2) is 0 Å². The topological polar surface area (TPSA) is 67.6 Å². The molecule has 7 heteroatoms. The van der Waals surface area contributed by atoms with Crippen molar-refractivity contribution in [2.24, 2.45) is 5.73 Å². The monoisotopic (exact) mass is 371 g/mol. The van der Waals surface area contributed by atoms with Gasteiger partial charge in [-0.15, -0.1) is 0 Å². The minimum absolute atomic E-state index is 0.0254. The SMILES string of the molecule is CCNC(=O)C1COCCN1c1ccc(C(N)=S)cc1Br. The summed E-state index contributed by atoms with van der Waals surface area (Å²) in [5, 5.41) is 2.85. The zero-order valence-electron chi connectivity index (χ0n) is 11.8. The maximum Gasteiger partial charge on any atom is 0.245 e. The van der Waals surface area contributed by atoms with E-state index in [0.717, 1.165) is 15.7 Å². The molecule has 0 bridgehead atoms. The molecule has 1 aliphatic rings. The molecule has 21 heavy (non-hydrogen) atoms. The zero-order valence-corrected chi connectivity index (χ0v) is 14.2. The maximum atomic E-state index is 12.2. The van der Waals surface area contributed by atoms with Gasteiger partial charge in [-0.05, 0) is 41.1 Å². The van der Waals surface area contributed by atoms with Gasteiger partial charge in [-0.1, -0.05) is 12.2 Å². The van der Waals surface area contributed by atoms with E-state index in [9.17, 15) is 4.79 Å². The highest BCUT2D eigenvalue weighted by atomic mass is 79.9. The summed E-state index contributed by atoms with van der Waals surface area (Å²) < 4.78 is 6.31. The number of amides is 1. The van der Waals surface area contributed by atoms with Crippen LogP contribution in [-0.2, 0) is 9.53 Å². The van der Waals surface area contributed by atoms with Gasteiger partial charge in [0.2, 0.25) is 5.91 Å². The van der Waals surface area contributed by atoms with E-state index in [1.54, 1.807) is 0 Å². The first-order valence-corrected chi connectivity index (χ1v) is 7.96. The second kappa shape index (κ2) is 7.20. The zero-order chi connectivity index (χ0) is 15.4. The van der Waals surface area contributed by atoms with Gasteiger partial charge in [-0.3, -0.25) is 4.79 Å². The summed E-state index contributed by atoms with van der Waals surface area (Å²) in [5.41, 5.74) is 7.37. The smallest absolute Gasteiger partial charge is 0.245 e. The second-order valence-electron chi connectivity index (χ2n) is 4.71. The molecule has 0 aromatic heterocycles. The Labute approximate surface area is 137 Å². The molecule has 1 aliphatic heterocycles. The van der Waals surface area contributed by atoms with E-state index in [-0.39, 0.29) is 11.9 Å². The quantitative estimate of drug-likeness (QED) is 0.783. The first-order valence-electron chi connectivity index (χ1n) is 6.76. The molecular weight excluding hydrogens is 354 g/mol. The van der Waals surface area contributed by atoms with Crippen molar-refractivity contribution in [1.82, 2.24) is 5.32 Å². The maximum absolute atomic E-state index is 12.2. The Kier molecular flexibility index (Phi) is 5.55. The number of likely N-dealkylation sites (N-methyl/N-ethyl adjacent to an activating group) is 1. The molecular formula is C14H18BrN3O2S. The summed E-state index contributed by atoms with van der Waals surface area (Å²) in [5.74, 6) is -0.0254. The first-order chi connectivity index (χ1) is 10.0. The summed E-state index contributed by atoms with van der Waals surface area (Å²) in [6, 6.07) is 5.34. The molecule has 2 rings (SSSR count). The van der Waals surface area contributed by atoms with Crippen LogP contribution in [0.4, 0.5) is 5.69 Å². The molecule has 5 nitrogen and oxygen atoms in total. The van der Waals surface area contributed by atoms with E-state index in [1.165, 1.54) is 0 Å². The van der Waals surface area contributed by atoms with E-state index >= 15 is 0 Å². The predicted octanol–water partition coefficient (Wildman–Crippen LogP) is 1.42. The molecule has 0 radical (unpaired) electrons. The number of nitrogens with one attached hydrogen (secondary N) is 1. The molecule has 0 aliphatic carbocycles. The van der Waals surface area contributed by atoms with Crippen LogP contribution in [0.1, 0.15) is 12.5 Å². The molecule has 1 heterocycles. The normalized spacial score (nSPS) is 18.4. The molecule has 1 aromatic carbocycles. The molecule has 114 valence electrons. The van der Waals surface area contributed by atoms with Gasteiger partial charge in [0.05, 0.1) is 18.9 Å². The van der Waals surface area contributed by atoms with Gasteiger partial charge in [-0.25, -0.2) is 0 Å². The third-order valence-corrected chi connectivity index (χ3v) is 4.19. The summed E-state index contributed by atoms with van der Waals surface area (Å²) in [7, 11) is 0. The number of thiocarbonyl (C=S) groups is 1. The van der Waals surface area contributed by atoms with Crippen molar-refractivity contribution >= 4 is 44.7 Å². The van der Waals surface area contributed by atoms with Gasteiger partial charge in [0.1, 0.15) is 11.0 Å². The molecule has 1 aromatic rings. The predicted molar refractivity (Wildman–Crippen MR) is 90.7 cm³/mol. The third kappa shape index (κ3) is 3.72. The minimum Gasteiger partial charge on any atom is -0.389 e. The Morgan fingerprint density at radius 2 is 2.38 bits per heavy atom. The number of halogens is 1. The van der Waals surface area contributed by atoms with Crippen molar-refractivity contribution < 1.29 is 9.53 Å². The number of nitrogens with two attached hydrogens (primary N) is 1. The standard InChI is InChI=1S/C14H18BrN3O2S/c1-2-17-14(19)12-8-20-6-5-18(12)11-4-3-9(13(16)21)7-10(11)15/h3-4,7,12H,2,5-6,8H2,1H3,(H2,16,21)(H,17,19). The van der Waals surface area contributed by atoms with Crippen LogP contribution in [0, 0.1) is 0 Å². The van der Waals surface area contributed by atoms with Gasteiger partial charge in [0.25, 0.3) is 0 Å². The Bertz CT molecular complexity index is 553. The lowest BCUT2D eigenvalue weighted by Gasteiger charge is -2.36. The van der Waals surface area contributed by atoms with Crippen LogP contribution in [0.3, 0.4) is 0 Å². The minimum atomic E-state index is -0.328. The number of morpholine rings is 1. The van der Waals surface area contributed by atoms with Crippen molar-refractivity contribution in [3.05, 3.63) is 28.2 Å². The number of carbonyl (C=O) groups excluding carboxylic acids is 1. The number of rotatable bonds is 4. The van der Waals surface area contributed by atoms with Crippen LogP contribution >= 0.6 is 28.1 Å². The average molecular weight is 372 g/mol. The molecule has 1 atom stereocenters. The van der Waals surface area contributed by atoms with Crippen LogP contribution in [0.5, 0.6) is 0 Å². The largest absolute Gasteiger partial charge is 0.389 e. The van der Waals surface area contributed by atoms with Crippen LogP contribution in [0.15, 0.2) is 22.7 Å². The van der Waals surface area contributed by atoms with Crippen molar-refractivity contribution in [2.45, 2.75) is 13.0 Å². The van der Waals surface area contributed by atoms with Gasteiger partial charge < -0.3 is 20.7 Å². The van der Waals surface area contributed by atoms with Gasteiger partial charge >= 0.3 is 0 Å². The first kappa shape index (κ1) is 16.2. The molecule has 1 unspecified atom stereocenters. The van der Waals surface area contributed by atoms with Crippen LogP contribution in [-0.4, -0.2) is 43.2 Å². The molecule has 0 saturated carbocycles. The fourth-order valence-electron chi connectivity index (χ4n) is 2.29. The summed E-state index contributed by atoms with van der Waals surface area (Å²) in [6.07, 6.45) is 0. The Morgan fingerprint density at radius 3 is 3.00 bits per heavy atom. The number of carbonyl (C=O) groups is 1. The number of anilines is 1. The highest BCUT2D eigenvalue weighted by molar-refractivity contribution is 9.10. The molecule has 0 spiro atoms. The number of nitrogens with zero attached hydrogens (tertiary/aromatic N) is 1. The summed E-state index contributed by atoms with van der Waals surface area (Å²) >= 11 is 8.52. The fraction of sp³-hybridized carbons (Fsp3) is 0.429. The second-order valence-corrected chi connectivity index (χ2v) is 6.00. The van der Waals surface area contributed by atoms with Gasteiger partial charge in [0, 0.05) is 23.1 Å². The van der Waals surface area contributed by atoms with E-state index in [0.29, 0.717) is 31.3 Å².